The summed E-state index contributed by atoms with van der Waals surface area (Å²) in [4.78, 5) is 8.17. The first kappa shape index (κ1) is 16.2. The zero-order chi connectivity index (χ0) is 15.8. The van der Waals surface area contributed by atoms with E-state index in [1.165, 1.54) is 0 Å². The van der Waals surface area contributed by atoms with Crippen molar-refractivity contribution in [2.75, 3.05) is 12.0 Å². The van der Waals surface area contributed by atoms with Crippen LogP contribution in [0.3, 0.4) is 0 Å². The van der Waals surface area contributed by atoms with Crippen molar-refractivity contribution in [2.24, 2.45) is 5.10 Å². The van der Waals surface area contributed by atoms with Crippen LogP contribution in [0.5, 0.6) is 5.75 Å². The zero-order valence-electron chi connectivity index (χ0n) is 12.7. The van der Waals surface area contributed by atoms with Gasteiger partial charge in [0.05, 0.1) is 12.8 Å². The molecule has 0 bridgehead atoms. The van der Waals surface area contributed by atoms with E-state index in [9.17, 15) is 0 Å². The van der Waals surface area contributed by atoms with Gasteiger partial charge in [0.15, 0.2) is 5.82 Å². The van der Waals surface area contributed by atoms with Gasteiger partial charge in [-0.2, -0.15) is 5.10 Å². The fourth-order valence-electron chi connectivity index (χ4n) is 1.75. The molecule has 116 valence electrons. The summed E-state index contributed by atoms with van der Waals surface area (Å²) in [6.45, 7) is 4.67. The highest BCUT2D eigenvalue weighted by atomic mass is 35.5. The predicted octanol–water partition coefficient (Wildman–Crippen LogP) is 4.06. The summed E-state index contributed by atoms with van der Waals surface area (Å²) in [5, 5.41) is 4.52. The van der Waals surface area contributed by atoms with E-state index in [2.05, 4.69) is 27.4 Å². The third kappa shape index (κ3) is 5.33. The number of unbranched alkanes of at least 4 members (excludes halogenated alkanes) is 1. The monoisotopic (exact) mass is 318 g/mol. The SMILES string of the molecule is CCCCOc1ccc(/C=N\Nc2cc(Cl)nc(C)n2)cc1. The van der Waals surface area contributed by atoms with Crippen molar-refractivity contribution in [3.63, 3.8) is 0 Å². The molecule has 1 aromatic heterocycles. The maximum absolute atomic E-state index is 5.86. The van der Waals surface area contributed by atoms with Crippen LogP contribution in [0.2, 0.25) is 5.15 Å². The summed E-state index contributed by atoms with van der Waals surface area (Å²) in [6, 6.07) is 9.39. The Kier molecular flexibility index (Phi) is 6.15. The third-order valence-electron chi connectivity index (χ3n) is 2.85. The normalized spacial score (nSPS) is 10.9. The topological polar surface area (TPSA) is 59.4 Å². The molecule has 22 heavy (non-hydrogen) atoms. The number of aromatic nitrogens is 2. The summed E-state index contributed by atoms with van der Waals surface area (Å²) in [5.74, 6) is 2.03. The van der Waals surface area contributed by atoms with Crippen molar-refractivity contribution >= 4 is 23.6 Å². The number of halogens is 1. The standard InChI is InChI=1S/C16H19ClN4O/c1-3-4-9-22-14-7-5-13(6-8-14)11-18-21-16-10-15(17)19-12(2)20-16/h5-8,10-11H,3-4,9H2,1-2H3,(H,19,20,21)/b18-11-. The van der Waals surface area contributed by atoms with Crippen molar-refractivity contribution in [2.45, 2.75) is 26.7 Å². The summed E-state index contributed by atoms with van der Waals surface area (Å²) in [7, 11) is 0. The Morgan fingerprint density at radius 2 is 2.05 bits per heavy atom. The van der Waals surface area contributed by atoms with E-state index in [4.69, 9.17) is 16.3 Å². The lowest BCUT2D eigenvalue weighted by Gasteiger charge is -2.05. The minimum Gasteiger partial charge on any atom is -0.494 e. The number of ether oxygens (including phenoxy) is 1. The first-order chi connectivity index (χ1) is 10.7. The molecule has 2 aromatic rings. The Hall–Kier alpha value is -2.14. The van der Waals surface area contributed by atoms with Gasteiger partial charge in [0.25, 0.3) is 0 Å². The molecule has 0 unspecified atom stereocenters. The molecular formula is C16H19ClN4O. The van der Waals surface area contributed by atoms with E-state index >= 15 is 0 Å². The molecule has 0 fully saturated rings. The average molecular weight is 319 g/mol. The molecule has 0 aliphatic rings. The molecule has 0 aliphatic carbocycles. The van der Waals surface area contributed by atoms with Crippen LogP contribution < -0.4 is 10.2 Å². The van der Waals surface area contributed by atoms with Gasteiger partial charge < -0.3 is 4.74 Å². The first-order valence-corrected chi connectivity index (χ1v) is 7.58. The second-order valence-corrected chi connectivity index (χ2v) is 5.15. The lowest BCUT2D eigenvalue weighted by Crippen LogP contribution is -1.98. The van der Waals surface area contributed by atoms with E-state index in [0.29, 0.717) is 16.8 Å². The van der Waals surface area contributed by atoms with Crippen molar-refractivity contribution < 1.29 is 4.74 Å². The van der Waals surface area contributed by atoms with Crippen molar-refractivity contribution in [1.29, 1.82) is 0 Å². The molecule has 0 amide bonds. The molecule has 5 nitrogen and oxygen atoms in total. The number of nitrogens with one attached hydrogen (secondary N) is 1. The molecule has 0 atom stereocenters. The average Bonchev–Trinajstić information content (AvgIpc) is 2.48. The number of hydrogen-bond acceptors (Lipinski definition) is 5. The fourth-order valence-corrected chi connectivity index (χ4v) is 1.97. The zero-order valence-corrected chi connectivity index (χ0v) is 13.5. The summed E-state index contributed by atoms with van der Waals surface area (Å²) < 4.78 is 5.61. The van der Waals surface area contributed by atoms with Gasteiger partial charge in [-0.1, -0.05) is 24.9 Å². The van der Waals surface area contributed by atoms with E-state index < -0.39 is 0 Å². The molecule has 0 saturated heterocycles. The Bertz CT molecular complexity index is 608. The van der Waals surface area contributed by atoms with Gasteiger partial charge >= 0.3 is 0 Å². The molecule has 1 heterocycles. The summed E-state index contributed by atoms with van der Waals surface area (Å²) in [6.07, 6.45) is 3.90. The molecule has 1 N–H and O–H groups in total. The molecule has 0 spiro atoms. The van der Waals surface area contributed by atoms with Gasteiger partial charge in [0.2, 0.25) is 0 Å². The molecule has 0 aliphatic heterocycles. The van der Waals surface area contributed by atoms with Crippen LogP contribution in [0.25, 0.3) is 0 Å². The van der Waals surface area contributed by atoms with E-state index in [-0.39, 0.29) is 0 Å². The molecule has 2 rings (SSSR count). The largest absolute Gasteiger partial charge is 0.494 e. The Labute approximate surface area is 135 Å². The maximum Gasteiger partial charge on any atom is 0.151 e. The lowest BCUT2D eigenvalue weighted by molar-refractivity contribution is 0.309. The molecule has 6 heteroatoms. The summed E-state index contributed by atoms with van der Waals surface area (Å²) in [5.41, 5.74) is 3.80. The molecule has 1 aromatic carbocycles. The second-order valence-electron chi connectivity index (χ2n) is 4.76. The number of aryl methyl sites for hydroxylation is 1. The van der Waals surface area contributed by atoms with E-state index in [0.717, 1.165) is 30.8 Å². The fraction of sp³-hybridized carbons (Fsp3) is 0.312. The summed E-state index contributed by atoms with van der Waals surface area (Å²) >= 11 is 5.86. The minimum atomic E-state index is 0.388. The quantitative estimate of drug-likeness (QED) is 0.362. The molecule has 0 saturated carbocycles. The minimum absolute atomic E-state index is 0.388. The van der Waals surface area contributed by atoms with Gasteiger partial charge in [-0.3, -0.25) is 5.43 Å². The van der Waals surface area contributed by atoms with Crippen LogP contribution in [0.15, 0.2) is 35.4 Å². The van der Waals surface area contributed by atoms with Gasteiger partial charge in [-0.25, -0.2) is 9.97 Å². The van der Waals surface area contributed by atoms with Crippen LogP contribution in [0, 0.1) is 6.92 Å². The number of benzene rings is 1. The Morgan fingerprint density at radius 1 is 1.27 bits per heavy atom. The van der Waals surface area contributed by atoms with Gasteiger partial charge in [-0.05, 0) is 43.2 Å². The smallest absolute Gasteiger partial charge is 0.151 e. The van der Waals surface area contributed by atoms with Crippen LogP contribution in [0.1, 0.15) is 31.2 Å². The lowest BCUT2D eigenvalue weighted by atomic mass is 10.2. The number of hydrogen-bond donors (Lipinski definition) is 1. The highest BCUT2D eigenvalue weighted by molar-refractivity contribution is 6.29. The van der Waals surface area contributed by atoms with Gasteiger partial charge in [0.1, 0.15) is 16.7 Å². The van der Waals surface area contributed by atoms with Crippen molar-refractivity contribution in [3.8, 4) is 5.75 Å². The van der Waals surface area contributed by atoms with E-state index in [1.807, 2.05) is 24.3 Å². The van der Waals surface area contributed by atoms with Crippen molar-refractivity contribution in [1.82, 2.24) is 9.97 Å². The predicted molar refractivity (Wildman–Crippen MR) is 89.8 cm³/mol. The first-order valence-electron chi connectivity index (χ1n) is 7.20. The maximum atomic E-state index is 5.86. The van der Waals surface area contributed by atoms with E-state index in [1.54, 1.807) is 19.2 Å². The second kappa shape index (κ2) is 8.34. The highest BCUT2D eigenvalue weighted by Crippen LogP contribution is 2.13. The Balaban J connectivity index is 1.90. The highest BCUT2D eigenvalue weighted by Gasteiger charge is 1.98. The van der Waals surface area contributed by atoms with Gasteiger partial charge in [-0.15, -0.1) is 0 Å². The van der Waals surface area contributed by atoms with Crippen LogP contribution in [-0.4, -0.2) is 22.8 Å². The number of hydrazone groups is 1. The molecular weight excluding hydrogens is 300 g/mol. The third-order valence-corrected chi connectivity index (χ3v) is 3.04. The van der Waals surface area contributed by atoms with Crippen LogP contribution in [0.4, 0.5) is 5.82 Å². The van der Waals surface area contributed by atoms with Crippen molar-refractivity contribution in [3.05, 3.63) is 46.9 Å². The van der Waals surface area contributed by atoms with Crippen LogP contribution in [-0.2, 0) is 0 Å². The van der Waals surface area contributed by atoms with Crippen LogP contribution >= 0.6 is 11.6 Å². The number of nitrogens with zero attached hydrogens (tertiary/aromatic N) is 3. The number of rotatable bonds is 7. The Morgan fingerprint density at radius 3 is 2.73 bits per heavy atom. The number of anilines is 1. The van der Waals surface area contributed by atoms with Gasteiger partial charge in [0, 0.05) is 6.07 Å². The molecule has 0 radical (unpaired) electrons.